The SMILES string of the molecule is CC(C)S(=O)(=O)Nc1ccc2nc(C(C)(C)C)[nH]c2c1. The minimum absolute atomic E-state index is 0.0728. The molecule has 0 spiro atoms. The Bertz CT molecular complexity index is 724. The number of aromatic amines is 1. The Morgan fingerprint density at radius 2 is 1.90 bits per heavy atom. The summed E-state index contributed by atoms with van der Waals surface area (Å²) in [4.78, 5) is 7.77. The number of hydrogen-bond acceptors (Lipinski definition) is 3. The fraction of sp³-hybridized carbons (Fsp3) is 0.500. The van der Waals surface area contributed by atoms with Crippen LogP contribution in [0.25, 0.3) is 11.0 Å². The quantitative estimate of drug-likeness (QED) is 0.914. The highest BCUT2D eigenvalue weighted by atomic mass is 32.2. The molecule has 0 unspecified atom stereocenters. The number of benzene rings is 1. The van der Waals surface area contributed by atoms with E-state index < -0.39 is 15.3 Å². The topological polar surface area (TPSA) is 74.8 Å². The fourth-order valence-electron chi connectivity index (χ4n) is 1.71. The smallest absolute Gasteiger partial charge is 0.235 e. The number of aromatic nitrogens is 2. The van der Waals surface area contributed by atoms with Crippen molar-refractivity contribution in [2.75, 3.05) is 4.72 Å². The fourth-order valence-corrected chi connectivity index (χ4v) is 2.40. The molecule has 0 amide bonds. The van der Waals surface area contributed by atoms with E-state index in [9.17, 15) is 8.42 Å². The van der Waals surface area contributed by atoms with Gasteiger partial charge in [-0.2, -0.15) is 0 Å². The van der Waals surface area contributed by atoms with Gasteiger partial charge in [0.1, 0.15) is 5.82 Å². The van der Waals surface area contributed by atoms with Crippen molar-refractivity contribution in [3.8, 4) is 0 Å². The van der Waals surface area contributed by atoms with Crippen LogP contribution in [-0.2, 0) is 15.4 Å². The standard InChI is InChI=1S/C14H21N3O2S/c1-9(2)20(18,19)17-10-6-7-11-12(8-10)16-13(15-11)14(3,4)5/h6-9,17H,1-5H3,(H,15,16). The molecule has 0 saturated heterocycles. The molecule has 0 aliphatic carbocycles. The summed E-state index contributed by atoms with van der Waals surface area (Å²) in [5, 5.41) is -0.468. The van der Waals surface area contributed by atoms with Crippen LogP contribution in [0.4, 0.5) is 5.69 Å². The molecule has 20 heavy (non-hydrogen) atoms. The number of imidazole rings is 1. The van der Waals surface area contributed by atoms with Crippen molar-refractivity contribution in [1.29, 1.82) is 0 Å². The average Bonchev–Trinajstić information content (AvgIpc) is 2.70. The van der Waals surface area contributed by atoms with E-state index in [0.29, 0.717) is 5.69 Å². The Morgan fingerprint density at radius 3 is 2.45 bits per heavy atom. The van der Waals surface area contributed by atoms with E-state index in [1.54, 1.807) is 26.0 Å². The third kappa shape index (κ3) is 2.95. The molecule has 0 aliphatic rings. The number of sulfonamides is 1. The minimum atomic E-state index is -3.33. The van der Waals surface area contributed by atoms with E-state index in [4.69, 9.17) is 0 Å². The number of anilines is 1. The van der Waals surface area contributed by atoms with Crippen LogP contribution in [0.1, 0.15) is 40.4 Å². The zero-order chi connectivity index (χ0) is 15.1. The van der Waals surface area contributed by atoms with Crippen LogP contribution in [0.5, 0.6) is 0 Å². The Hall–Kier alpha value is -1.56. The summed E-state index contributed by atoms with van der Waals surface area (Å²) in [7, 11) is -3.33. The van der Waals surface area contributed by atoms with Crippen LogP contribution < -0.4 is 4.72 Å². The first-order valence-electron chi connectivity index (χ1n) is 6.61. The van der Waals surface area contributed by atoms with Crippen molar-refractivity contribution in [3.63, 3.8) is 0 Å². The maximum Gasteiger partial charge on any atom is 0.235 e. The summed E-state index contributed by atoms with van der Waals surface area (Å²) >= 11 is 0. The summed E-state index contributed by atoms with van der Waals surface area (Å²) in [5.74, 6) is 0.886. The molecule has 0 saturated carbocycles. The summed E-state index contributed by atoms with van der Waals surface area (Å²) < 4.78 is 26.3. The first-order chi connectivity index (χ1) is 9.09. The highest BCUT2D eigenvalue weighted by Crippen LogP contribution is 2.24. The summed E-state index contributed by atoms with van der Waals surface area (Å²) in [6.45, 7) is 9.52. The first-order valence-corrected chi connectivity index (χ1v) is 8.16. The van der Waals surface area contributed by atoms with Crippen LogP contribution in [-0.4, -0.2) is 23.6 Å². The molecule has 2 aromatic rings. The zero-order valence-electron chi connectivity index (χ0n) is 12.5. The highest BCUT2D eigenvalue weighted by molar-refractivity contribution is 7.93. The Kier molecular flexibility index (Phi) is 3.54. The normalized spacial score (nSPS) is 13.1. The van der Waals surface area contributed by atoms with Crippen LogP contribution in [0.2, 0.25) is 0 Å². The number of nitrogens with one attached hydrogen (secondary N) is 2. The molecule has 1 aromatic heterocycles. The molecule has 1 heterocycles. The van der Waals surface area contributed by atoms with E-state index in [-0.39, 0.29) is 5.41 Å². The van der Waals surface area contributed by atoms with Crippen molar-refractivity contribution in [1.82, 2.24) is 9.97 Å². The summed E-state index contributed by atoms with van der Waals surface area (Å²) in [6, 6.07) is 5.33. The molecular weight excluding hydrogens is 274 g/mol. The van der Waals surface area contributed by atoms with Crippen LogP contribution in [0.15, 0.2) is 18.2 Å². The number of nitrogens with zero attached hydrogens (tertiary/aromatic N) is 1. The second-order valence-electron chi connectivity index (χ2n) is 6.26. The molecule has 1 aromatic carbocycles. The molecule has 0 bridgehead atoms. The lowest BCUT2D eigenvalue weighted by atomic mass is 9.96. The van der Waals surface area contributed by atoms with Crippen LogP contribution in [0, 0.1) is 0 Å². The molecule has 2 rings (SSSR count). The van der Waals surface area contributed by atoms with Gasteiger partial charge in [0, 0.05) is 5.41 Å². The number of rotatable bonds is 3. The van der Waals surface area contributed by atoms with Gasteiger partial charge in [-0.1, -0.05) is 20.8 Å². The van der Waals surface area contributed by atoms with E-state index >= 15 is 0 Å². The number of H-pyrrole nitrogens is 1. The molecule has 0 atom stereocenters. The predicted molar refractivity (Wildman–Crippen MR) is 82.5 cm³/mol. The second kappa shape index (κ2) is 4.77. The Labute approximate surface area is 119 Å². The molecule has 5 nitrogen and oxygen atoms in total. The van der Waals surface area contributed by atoms with Crippen molar-refractivity contribution in [3.05, 3.63) is 24.0 Å². The predicted octanol–water partition coefficient (Wildman–Crippen LogP) is 3.01. The van der Waals surface area contributed by atoms with Crippen molar-refractivity contribution >= 4 is 26.7 Å². The van der Waals surface area contributed by atoms with Crippen molar-refractivity contribution < 1.29 is 8.42 Å². The van der Waals surface area contributed by atoms with E-state index in [1.807, 2.05) is 6.07 Å². The Balaban J connectivity index is 2.40. The van der Waals surface area contributed by atoms with Crippen molar-refractivity contribution in [2.45, 2.75) is 45.3 Å². The van der Waals surface area contributed by atoms with Crippen LogP contribution in [0.3, 0.4) is 0 Å². The van der Waals surface area contributed by atoms with Gasteiger partial charge >= 0.3 is 0 Å². The Morgan fingerprint density at radius 1 is 1.25 bits per heavy atom. The van der Waals surface area contributed by atoms with Gasteiger partial charge in [-0.05, 0) is 32.0 Å². The number of hydrogen-bond donors (Lipinski definition) is 2. The lowest BCUT2D eigenvalue weighted by molar-refractivity contribution is 0.554. The van der Waals surface area contributed by atoms with Gasteiger partial charge in [-0.3, -0.25) is 4.72 Å². The molecule has 2 N–H and O–H groups in total. The third-order valence-electron chi connectivity index (χ3n) is 3.07. The second-order valence-corrected chi connectivity index (χ2v) is 8.50. The van der Waals surface area contributed by atoms with Gasteiger partial charge in [0.2, 0.25) is 10.0 Å². The van der Waals surface area contributed by atoms with E-state index in [2.05, 4.69) is 35.5 Å². The molecule has 0 fully saturated rings. The maximum atomic E-state index is 11.9. The maximum absolute atomic E-state index is 11.9. The van der Waals surface area contributed by atoms with Gasteiger partial charge in [0.25, 0.3) is 0 Å². The summed E-state index contributed by atoms with van der Waals surface area (Å²) in [5.41, 5.74) is 2.15. The molecule has 6 heteroatoms. The average molecular weight is 295 g/mol. The van der Waals surface area contributed by atoms with Gasteiger partial charge in [0.15, 0.2) is 0 Å². The lowest BCUT2D eigenvalue weighted by Gasteiger charge is -2.13. The first kappa shape index (κ1) is 14.8. The van der Waals surface area contributed by atoms with E-state index in [0.717, 1.165) is 16.9 Å². The van der Waals surface area contributed by atoms with Crippen LogP contribution >= 0.6 is 0 Å². The monoisotopic (exact) mass is 295 g/mol. The minimum Gasteiger partial charge on any atom is -0.341 e. The largest absolute Gasteiger partial charge is 0.341 e. The third-order valence-corrected chi connectivity index (χ3v) is 4.83. The van der Waals surface area contributed by atoms with Crippen molar-refractivity contribution in [2.24, 2.45) is 0 Å². The molecule has 0 radical (unpaired) electrons. The van der Waals surface area contributed by atoms with Gasteiger partial charge in [-0.25, -0.2) is 13.4 Å². The van der Waals surface area contributed by atoms with E-state index in [1.165, 1.54) is 0 Å². The lowest BCUT2D eigenvalue weighted by Crippen LogP contribution is -2.22. The number of fused-ring (bicyclic) bond motifs is 1. The molecule has 0 aliphatic heterocycles. The summed E-state index contributed by atoms with van der Waals surface area (Å²) in [6.07, 6.45) is 0. The zero-order valence-corrected chi connectivity index (χ0v) is 13.3. The van der Waals surface area contributed by atoms with Gasteiger partial charge < -0.3 is 4.98 Å². The molecular formula is C14H21N3O2S. The van der Waals surface area contributed by atoms with Gasteiger partial charge in [-0.15, -0.1) is 0 Å². The van der Waals surface area contributed by atoms with Gasteiger partial charge in [0.05, 0.1) is 22.0 Å². The molecule has 110 valence electrons. The highest BCUT2D eigenvalue weighted by Gasteiger charge is 2.19.